The molecule has 176 valence electrons. The Morgan fingerprint density at radius 2 is 0.931 bits per heavy atom. The molecule has 0 heterocycles. The first-order chi connectivity index (χ1) is 13.9. The van der Waals surface area contributed by atoms with Gasteiger partial charge in [0.05, 0.1) is 11.4 Å². The van der Waals surface area contributed by atoms with Gasteiger partial charge in [0, 0.05) is 0 Å². The van der Waals surface area contributed by atoms with Crippen molar-refractivity contribution < 1.29 is 18.1 Å². The maximum absolute atomic E-state index is 11.1. The van der Waals surface area contributed by atoms with E-state index in [2.05, 4.69) is 6.92 Å². The normalized spacial score (nSPS) is 14.2. The first-order valence-corrected chi connectivity index (χ1v) is 14.1. The molecule has 2 atom stereocenters. The molecule has 0 saturated carbocycles. The van der Waals surface area contributed by atoms with Gasteiger partial charge in [-0.25, -0.2) is 0 Å². The van der Waals surface area contributed by atoms with Gasteiger partial charge in [-0.15, -0.1) is 0 Å². The molecule has 2 N–H and O–H groups in total. The van der Waals surface area contributed by atoms with E-state index in [1.807, 2.05) is 6.92 Å². The molecule has 0 aromatic carbocycles. The molecule has 5 heteroatoms. The van der Waals surface area contributed by atoms with E-state index < -0.39 is 15.4 Å². The molecule has 0 aromatic heterocycles. The van der Waals surface area contributed by atoms with Gasteiger partial charge in [-0.2, -0.15) is 8.42 Å². The molecule has 0 aliphatic carbocycles. The predicted octanol–water partition coefficient (Wildman–Crippen LogP) is 7.45. The summed E-state index contributed by atoms with van der Waals surface area (Å²) < 4.78 is 31.4. The molecule has 2 unspecified atom stereocenters. The predicted molar refractivity (Wildman–Crippen MR) is 125 cm³/mol. The van der Waals surface area contributed by atoms with Crippen LogP contribution in [-0.4, -0.2) is 29.4 Å². The van der Waals surface area contributed by atoms with Crippen LogP contribution in [0.2, 0.25) is 0 Å². The summed E-state index contributed by atoms with van der Waals surface area (Å²) in [5, 5.41) is 9.33. The van der Waals surface area contributed by atoms with Crippen LogP contribution < -0.4 is 0 Å². The maximum Gasteiger partial charge on any atom is 0.267 e. The standard InChI is InChI=1S/C24H50O4S/c1-3-5-17-20-23(25)21-18-15-13-11-9-7-6-8-10-12-14-16-19-22-24(4-2)29(26,27)28/h23-25H,3-22H2,1-2H3,(H,26,27,28). The van der Waals surface area contributed by atoms with Crippen LogP contribution in [0.25, 0.3) is 0 Å². The fourth-order valence-corrected chi connectivity index (χ4v) is 4.92. The Balaban J connectivity index is 3.26. The second kappa shape index (κ2) is 19.8. The van der Waals surface area contributed by atoms with E-state index in [0.717, 1.165) is 25.7 Å². The van der Waals surface area contributed by atoms with Gasteiger partial charge in [0.15, 0.2) is 0 Å². The van der Waals surface area contributed by atoms with Crippen molar-refractivity contribution in [2.24, 2.45) is 0 Å². The molecular formula is C24H50O4S. The van der Waals surface area contributed by atoms with E-state index in [9.17, 15) is 13.5 Å². The van der Waals surface area contributed by atoms with Crippen molar-refractivity contribution in [3.63, 3.8) is 0 Å². The van der Waals surface area contributed by atoms with Crippen LogP contribution >= 0.6 is 0 Å². The van der Waals surface area contributed by atoms with E-state index >= 15 is 0 Å². The first-order valence-electron chi connectivity index (χ1n) is 12.6. The fraction of sp³-hybridized carbons (Fsp3) is 1.00. The molecule has 0 saturated heterocycles. The van der Waals surface area contributed by atoms with E-state index in [0.29, 0.717) is 12.8 Å². The molecule has 0 amide bonds. The summed E-state index contributed by atoms with van der Waals surface area (Å²) in [5.74, 6) is 0. The van der Waals surface area contributed by atoms with Crippen molar-refractivity contribution in [3.8, 4) is 0 Å². The topological polar surface area (TPSA) is 74.6 Å². The van der Waals surface area contributed by atoms with Gasteiger partial charge < -0.3 is 5.11 Å². The van der Waals surface area contributed by atoms with E-state index in [1.54, 1.807) is 0 Å². The zero-order valence-corrected chi connectivity index (χ0v) is 20.2. The number of unbranched alkanes of at least 4 members (excludes halogenated alkanes) is 14. The number of rotatable bonds is 22. The monoisotopic (exact) mass is 434 g/mol. The third kappa shape index (κ3) is 19.6. The highest BCUT2D eigenvalue weighted by Gasteiger charge is 2.19. The summed E-state index contributed by atoms with van der Waals surface area (Å²) in [6.45, 7) is 4.02. The third-order valence-electron chi connectivity index (χ3n) is 6.08. The largest absolute Gasteiger partial charge is 0.393 e. The smallest absolute Gasteiger partial charge is 0.267 e. The van der Waals surface area contributed by atoms with Gasteiger partial charge in [-0.05, 0) is 25.7 Å². The second-order valence-corrected chi connectivity index (χ2v) is 10.6. The minimum Gasteiger partial charge on any atom is -0.393 e. The molecule has 0 aliphatic heterocycles. The maximum atomic E-state index is 11.1. The van der Waals surface area contributed by atoms with Crippen molar-refractivity contribution in [2.75, 3.05) is 0 Å². The molecule has 0 aromatic rings. The van der Waals surface area contributed by atoms with E-state index in [-0.39, 0.29) is 6.10 Å². The van der Waals surface area contributed by atoms with Crippen molar-refractivity contribution in [1.82, 2.24) is 0 Å². The first kappa shape index (κ1) is 28.9. The van der Waals surface area contributed by atoms with Crippen molar-refractivity contribution in [1.29, 1.82) is 0 Å². The highest BCUT2D eigenvalue weighted by atomic mass is 32.2. The lowest BCUT2D eigenvalue weighted by Crippen LogP contribution is -2.19. The van der Waals surface area contributed by atoms with Crippen LogP contribution in [0, 0.1) is 0 Å². The minimum atomic E-state index is -3.85. The Morgan fingerprint density at radius 3 is 1.28 bits per heavy atom. The highest BCUT2D eigenvalue weighted by Crippen LogP contribution is 2.17. The third-order valence-corrected chi connectivity index (χ3v) is 7.49. The summed E-state index contributed by atoms with van der Waals surface area (Å²) >= 11 is 0. The number of hydrogen-bond acceptors (Lipinski definition) is 3. The lowest BCUT2D eigenvalue weighted by molar-refractivity contribution is 0.147. The summed E-state index contributed by atoms with van der Waals surface area (Å²) in [6.07, 6.45) is 22.7. The zero-order chi connectivity index (χ0) is 21.8. The van der Waals surface area contributed by atoms with Crippen LogP contribution in [0.4, 0.5) is 0 Å². The van der Waals surface area contributed by atoms with Gasteiger partial charge in [0.1, 0.15) is 0 Å². The number of aliphatic hydroxyl groups is 1. The highest BCUT2D eigenvalue weighted by molar-refractivity contribution is 7.86. The van der Waals surface area contributed by atoms with E-state index in [1.165, 1.54) is 89.9 Å². The van der Waals surface area contributed by atoms with Crippen LogP contribution in [0.15, 0.2) is 0 Å². The molecule has 0 bridgehead atoms. The van der Waals surface area contributed by atoms with Gasteiger partial charge in [-0.1, -0.05) is 117 Å². The lowest BCUT2D eigenvalue weighted by atomic mass is 10.0. The van der Waals surface area contributed by atoms with Crippen LogP contribution in [0.5, 0.6) is 0 Å². The lowest BCUT2D eigenvalue weighted by Gasteiger charge is -2.10. The summed E-state index contributed by atoms with van der Waals surface area (Å²) in [7, 11) is -3.85. The van der Waals surface area contributed by atoms with Gasteiger partial charge in [0.25, 0.3) is 10.1 Å². The Labute approximate surface area is 182 Å². The van der Waals surface area contributed by atoms with Gasteiger partial charge in [0.2, 0.25) is 0 Å². The quantitative estimate of drug-likeness (QED) is 0.137. The molecular weight excluding hydrogens is 384 g/mol. The van der Waals surface area contributed by atoms with Crippen LogP contribution in [-0.2, 0) is 10.1 Å². The van der Waals surface area contributed by atoms with E-state index in [4.69, 9.17) is 4.55 Å². The minimum absolute atomic E-state index is 0.0719. The van der Waals surface area contributed by atoms with Gasteiger partial charge >= 0.3 is 0 Å². The number of hydrogen-bond donors (Lipinski definition) is 2. The van der Waals surface area contributed by atoms with Crippen molar-refractivity contribution in [3.05, 3.63) is 0 Å². The SMILES string of the molecule is CCCCCC(O)CCCCCCCCCCCCCCCC(CC)S(=O)(=O)O. The Bertz CT molecular complexity index is 436. The molecule has 0 fully saturated rings. The molecule has 0 radical (unpaired) electrons. The molecule has 0 rings (SSSR count). The Morgan fingerprint density at radius 1 is 0.586 bits per heavy atom. The molecule has 0 aliphatic rings. The average molecular weight is 435 g/mol. The zero-order valence-electron chi connectivity index (χ0n) is 19.4. The Kier molecular flexibility index (Phi) is 19.7. The van der Waals surface area contributed by atoms with Crippen LogP contribution in [0.1, 0.15) is 142 Å². The second-order valence-electron chi connectivity index (χ2n) is 8.87. The average Bonchev–Trinajstić information content (AvgIpc) is 2.67. The van der Waals surface area contributed by atoms with Crippen molar-refractivity contribution >= 4 is 10.1 Å². The summed E-state index contributed by atoms with van der Waals surface area (Å²) in [4.78, 5) is 0. The molecule has 4 nitrogen and oxygen atoms in total. The molecule has 0 spiro atoms. The van der Waals surface area contributed by atoms with Gasteiger partial charge in [-0.3, -0.25) is 4.55 Å². The van der Waals surface area contributed by atoms with Crippen molar-refractivity contribution in [2.45, 2.75) is 154 Å². The Hall–Kier alpha value is -0.130. The summed E-state index contributed by atoms with van der Waals surface area (Å²) in [6, 6.07) is 0. The molecule has 29 heavy (non-hydrogen) atoms. The summed E-state index contributed by atoms with van der Waals surface area (Å²) in [5.41, 5.74) is 0. The van der Waals surface area contributed by atoms with Crippen LogP contribution in [0.3, 0.4) is 0 Å². The number of aliphatic hydroxyl groups excluding tert-OH is 1. The fourth-order valence-electron chi connectivity index (χ4n) is 4.03.